The maximum atomic E-state index is 12.1. The van der Waals surface area contributed by atoms with E-state index in [1.807, 2.05) is 0 Å². The van der Waals surface area contributed by atoms with Crippen LogP contribution in [0.1, 0.15) is 25.7 Å². The minimum atomic E-state index is -3.25. The number of nitrogens with zero attached hydrogens (tertiary/aromatic N) is 1. The van der Waals surface area contributed by atoms with Gasteiger partial charge in [-0.05, 0) is 32.2 Å². The first-order chi connectivity index (χ1) is 7.65. The fourth-order valence-electron chi connectivity index (χ4n) is 2.73. The van der Waals surface area contributed by atoms with E-state index in [1.54, 1.807) is 4.31 Å². The number of nitrogens with one attached hydrogen (secondary N) is 1. The van der Waals surface area contributed by atoms with Crippen molar-refractivity contribution in [3.05, 3.63) is 0 Å². The zero-order valence-electron chi connectivity index (χ0n) is 9.77. The minimum Gasteiger partial charge on any atom is -0.315 e. The van der Waals surface area contributed by atoms with Gasteiger partial charge in [-0.3, -0.25) is 4.39 Å². The van der Waals surface area contributed by atoms with Crippen molar-refractivity contribution in [1.29, 1.82) is 0 Å². The van der Waals surface area contributed by atoms with Crippen molar-refractivity contribution in [3.63, 3.8) is 0 Å². The molecule has 2 fully saturated rings. The van der Waals surface area contributed by atoms with Gasteiger partial charge >= 0.3 is 0 Å². The number of hydrogen-bond acceptors (Lipinski definition) is 3. The van der Waals surface area contributed by atoms with Crippen LogP contribution in [-0.2, 0) is 10.0 Å². The van der Waals surface area contributed by atoms with E-state index in [0.29, 0.717) is 0 Å². The molecular formula is C10H20ClFN2O2S. The molecule has 2 heterocycles. The summed E-state index contributed by atoms with van der Waals surface area (Å²) >= 11 is 0. The molecule has 0 radical (unpaired) electrons. The fourth-order valence-corrected chi connectivity index (χ4v) is 4.72. The molecule has 2 unspecified atom stereocenters. The van der Waals surface area contributed by atoms with Crippen LogP contribution in [0.5, 0.6) is 0 Å². The van der Waals surface area contributed by atoms with E-state index in [1.165, 1.54) is 0 Å². The number of halogens is 2. The first kappa shape index (κ1) is 15.1. The number of sulfonamides is 1. The van der Waals surface area contributed by atoms with Crippen molar-refractivity contribution in [1.82, 2.24) is 9.62 Å². The number of hydrogen-bond donors (Lipinski definition) is 1. The van der Waals surface area contributed by atoms with Crippen molar-refractivity contribution in [2.45, 2.75) is 37.8 Å². The summed E-state index contributed by atoms with van der Waals surface area (Å²) in [6, 6.07) is 0.238. The predicted octanol–water partition coefficient (Wildman–Crippen LogP) is 0.924. The van der Waals surface area contributed by atoms with Crippen LogP contribution in [0.15, 0.2) is 0 Å². The summed E-state index contributed by atoms with van der Waals surface area (Å²) in [7, 11) is -3.25. The number of fused-ring (bicyclic) bond motifs is 2. The van der Waals surface area contributed by atoms with E-state index in [2.05, 4.69) is 5.32 Å². The van der Waals surface area contributed by atoms with Crippen LogP contribution in [0.25, 0.3) is 0 Å². The molecule has 2 bridgehead atoms. The van der Waals surface area contributed by atoms with Gasteiger partial charge in [0.25, 0.3) is 0 Å². The molecule has 7 heteroatoms. The molecule has 0 aromatic rings. The Kier molecular flexibility index (Phi) is 5.63. The Morgan fingerprint density at radius 1 is 1.24 bits per heavy atom. The number of alkyl halides is 1. The van der Waals surface area contributed by atoms with Gasteiger partial charge in [0.1, 0.15) is 0 Å². The second-order valence-electron chi connectivity index (χ2n) is 4.57. The molecule has 17 heavy (non-hydrogen) atoms. The summed E-state index contributed by atoms with van der Waals surface area (Å²) in [5.41, 5.74) is 0. The van der Waals surface area contributed by atoms with Crippen LogP contribution >= 0.6 is 12.4 Å². The standard InChI is InChI=1S/C10H19FN2O2S.ClH/c11-5-1-7-16(14,15)13-9-2-3-10(13)8-12-6-4-9;/h9-10,12H,1-8H2;1H. The molecule has 0 saturated carbocycles. The number of rotatable bonds is 4. The monoisotopic (exact) mass is 286 g/mol. The Morgan fingerprint density at radius 3 is 2.65 bits per heavy atom. The third-order valence-corrected chi connectivity index (χ3v) is 5.49. The topological polar surface area (TPSA) is 49.4 Å². The highest BCUT2D eigenvalue weighted by molar-refractivity contribution is 7.89. The van der Waals surface area contributed by atoms with Gasteiger partial charge in [-0.2, -0.15) is 4.31 Å². The average molecular weight is 287 g/mol. The van der Waals surface area contributed by atoms with Gasteiger partial charge < -0.3 is 5.32 Å². The summed E-state index contributed by atoms with van der Waals surface area (Å²) in [6.45, 7) is 1.07. The molecule has 2 rings (SSSR count). The van der Waals surface area contributed by atoms with Crippen molar-refractivity contribution < 1.29 is 12.8 Å². The summed E-state index contributed by atoms with van der Waals surface area (Å²) in [6.07, 6.45) is 2.89. The summed E-state index contributed by atoms with van der Waals surface area (Å²) in [5, 5.41) is 3.26. The highest BCUT2D eigenvalue weighted by Gasteiger charge is 2.41. The molecule has 0 amide bonds. The van der Waals surface area contributed by atoms with Crippen LogP contribution in [0.3, 0.4) is 0 Å². The molecule has 4 nitrogen and oxygen atoms in total. The fraction of sp³-hybridized carbons (Fsp3) is 1.00. The van der Waals surface area contributed by atoms with Crippen LogP contribution in [0, 0.1) is 0 Å². The first-order valence-electron chi connectivity index (χ1n) is 5.93. The van der Waals surface area contributed by atoms with Crippen LogP contribution in [0.4, 0.5) is 4.39 Å². The van der Waals surface area contributed by atoms with E-state index < -0.39 is 16.7 Å². The van der Waals surface area contributed by atoms with Gasteiger partial charge in [-0.15, -0.1) is 12.4 Å². The third kappa shape index (κ3) is 3.30. The Labute approximate surface area is 108 Å². The maximum absolute atomic E-state index is 12.1. The second-order valence-corrected chi connectivity index (χ2v) is 6.56. The van der Waals surface area contributed by atoms with Gasteiger partial charge in [-0.25, -0.2) is 8.42 Å². The summed E-state index contributed by atoms with van der Waals surface area (Å²) in [5.74, 6) is -0.0451. The van der Waals surface area contributed by atoms with Crippen LogP contribution in [-0.4, -0.2) is 50.3 Å². The quantitative estimate of drug-likeness (QED) is 0.836. The van der Waals surface area contributed by atoms with E-state index in [9.17, 15) is 12.8 Å². The molecule has 2 saturated heterocycles. The minimum absolute atomic E-state index is 0. The summed E-state index contributed by atoms with van der Waals surface area (Å²) in [4.78, 5) is 0. The average Bonchev–Trinajstić information content (AvgIpc) is 2.50. The van der Waals surface area contributed by atoms with Gasteiger partial charge in [0.2, 0.25) is 10.0 Å². The van der Waals surface area contributed by atoms with Crippen molar-refractivity contribution >= 4 is 22.4 Å². The lowest BCUT2D eigenvalue weighted by molar-refractivity contribution is 0.333. The maximum Gasteiger partial charge on any atom is 0.214 e. The second kappa shape index (κ2) is 6.31. The first-order valence-corrected chi connectivity index (χ1v) is 7.54. The lowest BCUT2D eigenvalue weighted by atomic mass is 10.1. The Bertz CT molecular complexity index is 325. The van der Waals surface area contributed by atoms with E-state index in [-0.39, 0.29) is 36.7 Å². The molecule has 1 N–H and O–H groups in total. The molecule has 2 aliphatic heterocycles. The molecule has 102 valence electrons. The lowest BCUT2D eigenvalue weighted by Gasteiger charge is -2.26. The van der Waals surface area contributed by atoms with E-state index in [4.69, 9.17) is 0 Å². The Morgan fingerprint density at radius 2 is 1.94 bits per heavy atom. The molecular weight excluding hydrogens is 267 g/mol. The zero-order valence-corrected chi connectivity index (χ0v) is 11.4. The highest BCUT2D eigenvalue weighted by atomic mass is 35.5. The van der Waals surface area contributed by atoms with E-state index >= 15 is 0 Å². The van der Waals surface area contributed by atoms with Gasteiger partial charge in [0, 0.05) is 18.6 Å². The SMILES string of the molecule is Cl.O=S(=O)(CCCF)N1C2CCNCC1CC2. The van der Waals surface area contributed by atoms with Crippen LogP contribution < -0.4 is 5.32 Å². The molecule has 2 atom stereocenters. The highest BCUT2D eigenvalue weighted by Crippen LogP contribution is 2.31. The Balaban J connectivity index is 0.00000144. The summed E-state index contributed by atoms with van der Waals surface area (Å²) < 4.78 is 37.9. The lowest BCUT2D eigenvalue weighted by Crippen LogP contribution is -2.43. The zero-order chi connectivity index (χ0) is 11.6. The smallest absolute Gasteiger partial charge is 0.214 e. The molecule has 2 aliphatic rings. The molecule has 0 aromatic carbocycles. The van der Waals surface area contributed by atoms with Crippen LogP contribution in [0.2, 0.25) is 0 Å². The van der Waals surface area contributed by atoms with Gasteiger partial charge in [0.15, 0.2) is 0 Å². The Hall–Kier alpha value is 0.0900. The normalized spacial score (nSPS) is 29.7. The van der Waals surface area contributed by atoms with Gasteiger partial charge in [0.05, 0.1) is 12.4 Å². The van der Waals surface area contributed by atoms with Crippen molar-refractivity contribution in [2.24, 2.45) is 0 Å². The van der Waals surface area contributed by atoms with Gasteiger partial charge in [-0.1, -0.05) is 0 Å². The molecule has 0 spiro atoms. The van der Waals surface area contributed by atoms with Crippen molar-refractivity contribution in [3.8, 4) is 0 Å². The predicted molar refractivity (Wildman–Crippen MR) is 67.8 cm³/mol. The largest absolute Gasteiger partial charge is 0.315 e. The third-order valence-electron chi connectivity index (χ3n) is 3.44. The van der Waals surface area contributed by atoms with E-state index in [0.717, 1.165) is 32.4 Å². The molecule has 0 aliphatic carbocycles. The molecule has 0 aromatic heterocycles. The van der Waals surface area contributed by atoms with Crippen molar-refractivity contribution in [2.75, 3.05) is 25.5 Å².